The summed E-state index contributed by atoms with van der Waals surface area (Å²) < 4.78 is 0. The molecule has 2 unspecified atom stereocenters. The van der Waals surface area contributed by atoms with Crippen molar-refractivity contribution >= 4 is 0 Å². The lowest BCUT2D eigenvalue weighted by Gasteiger charge is -2.01. The highest BCUT2D eigenvalue weighted by Gasteiger charge is 2.30. The van der Waals surface area contributed by atoms with Gasteiger partial charge in [-0.2, -0.15) is 5.26 Å². The molecule has 2 atom stereocenters. The van der Waals surface area contributed by atoms with Crippen LogP contribution in [0.3, 0.4) is 0 Å². The van der Waals surface area contributed by atoms with E-state index in [1.54, 1.807) is 0 Å². The Kier molecular flexibility index (Phi) is 1.02. The fourth-order valence-corrected chi connectivity index (χ4v) is 1.27. The zero-order valence-corrected chi connectivity index (χ0v) is 5.33. The standard InChI is InChI=1S/C7H7N3/c8-4-7-5-2-1-3-6(5)9-10-7/h1-3,5,7,9-10H. The van der Waals surface area contributed by atoms with Crippen molar-refractivity contribution in [3.8, 4) is 6.07 Å². The Labute approximate surface area is 59.0 Å². The van der Waals surface area contributed by atoms with Gasteiger partial charge in [0.25, 0.3) is 0 Å². The third kappa shape index (κ3) is 0.568. The van der Waals surface area contributed by atoms with Crippen LogP contribution in [0, 0.1) is 17.2 Å². The minimum atomic E-state index is -0.0926. The predicted octanol–water partition coefficient (Wildman–Crippen LogP) is 0.0563. The number of rotatable bonds is 0. The maximum absolute atomic E-state index is 8.60. The minimum absolute atomic E-state index is 0.0926. The van der Waals surface area contributed by atoms with Crippen LogP contribution in [0.5, 0.6) is 0 Å². The normalized spacial score (nSPS) is 34.5. The number of nitrogens with one attached hydrogen (secondary N) is 2. The molecule has 50 valence electrons. The fourth-order valence-electron chi connectivity index (χ4n) is 1.27. The van der Waals surface area contributed by atoms with Crippen molar-refractivity contribution in [3.05, 3.63) is 23.9 Å². The molecule has 0 bridgehead atoms. The quantitative estimate of drug-likeness (QED) is 0.491. The molecular formula is C7H7N3. The number of hydrogen-bond donors (Lipinski definition) is 2. The highest BCUT2D eigenvalue weighted by Crippen LogP contribution is 2.23. The Balaban J connectivity index is 2.27. The van der Waals surface area contributed by atoms with Gasteiger partial charge in [-0.1, -0.05) is 12.2 Å². The third-order valence-corrected chi connectivity index (χ3v) is 1.82. The SMILES string of the molecule is N#CC1NNC2=CC=CC21. The van der Waals surface area contributed by atoms with Crippen LogP contribution < -0.4 is 10.9 Å². The van der Waals surface area contributed by atoms with Gasteiger partial charge in [-0.25, -0.2) is 5.43 Å². The minimum Gasteiger partial charge on any atom is -0.324 e. The molecule has 0 aromatic rings. The van der Waals surface area contributed by atoms with E-state index in [1.165, 1.54) is 0 Å². The molecule has 2 aliphatic rings. The second kappa shape index (κ2) is 1.86. The van der Waals surface area contributed by atoms with Crippen molar-refractivity contribution in [2.45, 2.75) is 6.04 Å². The van der Waals surface area contributed by atoms with E-state index in [2.05, 4.69) is 16.9 Å². The molecule has 3 heteroatoms. The molecule has 2 rings (SSSR count). The van der Waals surface area contributed by atoms with E-state index in [4.69, 9.17) is 5.26 Å². The van der Waals surface area contributed by atoms with Gasteiger partial charge in [-0.3, -0.25) is 0 Å². The smallest absolute Gasteiger partial charge is 0.124 e. The van der Waals surface area contributed by atoms with E-state index in [-0.39, 0.29) is 12.0 Å². The molecule has 10 heavy (non-hydrogen) atoms. The Morgan fingerprint density at radius 2 is 2.50 bits per heavy atom. The van der Waals surface area contributed by atoms with Gasteiger partial charge in [-0.15, -0.1) is 0 Å². The molecule has 3 nitrogen and oxygen atoms in total. The molecule has 1 fully saturated rings. The topological polar surface area (TPSA) is 47.9 Å². The van der Waals surface area contributed by atoms with Crippen LogP contribution >= 0.6 is 0 Å². The molecule has 1 saturated heterocycles. The summed E-state index contributed by atoms with van der Waals surface area (Å²) in [6.45, 7) is 0. The highest BCUT2D eigenvalue weighted by atomic mass is 15.4. The van der Waals surface area contributed by atoms with Gasteiger partial charge in [0.05, 0.1) is 6.07 Å². The lowest BCUT2D eigenvalue weighted by Crippen LogP contribution is -2.29. The molecule has 1 heterocycles. The summed E-state index contributed by atoms with van der Waals surface area (Å²) in [4.78, 5) is 0. The van der Waals surface area contributed by atoms with E-state index in [0.29, 0.717) is 0 Å². The summed E-state index contributed by atoms with van der Waals surface area (Å²) in [7, 11) is 0. The van der Waals surface area contributed by atoms with Crippen LogP contribution in [0.2, 0.25) is 0 Å². The first-order chi connectivity index (χ1) is 4.92. The summed E-state index contributed by atoms with van der Waals surface area (Å²) in [5, 5.41) is 8.60. The lowest BCUT2D eigenvalue weighted by atomic mass is 10.0. The monoisotopic (exact) mass is 133 g/mol. The molecule has 0 saturated carbocycles. The molecule has 0 amide bonds. The van der Waals surface area contributed by atoms with E-state index >= 15 is 0 Å². The van der Waals surface area contributed by atoms with Crippen LogP contribution in [0.4, 0.5) is 0 Å². The molecule has 1 aliphatic heterocycles. The maximum Gasteiger partial charge on any atom is 0.124 e. The van der Waals surface area contributed by atoms with Gasteiger partial charge in [0, 0.05) is 11.6 Å². The largest absolute Gasteiger partial charge is 0.324 e. The summed E-state index contributed by atoms with van der Waals surface area (Å²) in [5.41, 5.74) is 6.93. The summed E-state index contributed by atoms with van der Waals surface area (Å²) in [6, 6.07) is 2.08. The van der Waals surface area contributed by atoms with Gasteiger partial charge in [0.1, 0.15) is 6.04 Å². The van der Waals surface area contributed by atoms with Crippen molar-refractivity contribution in [1.82, 2.24) is 10.9 Å². The Hall–Kier alpha value is -1.27. The number of fused-ring (bicyclic) bond motifs is 1. The van der Waals surface area contributed by atoms with Crippen LogP contribution in [0.1, 0.15) is 0 Å². The number of allylic oxidation sites excluding steroid dienone is 2. The van der Waals surface area contributed by atoms with Crippen molar-refractivity contribution < 1.29 is 0 Å². The molecule has 0 aromatic carbocycles. The van der Waals surface area contributed by atoms with Crippen LogP contribution in [0.25, 0.3) is 0 Å². The number of nitrogens with zero attached hydrogens (tertiary/aromatic N) is 1. The van der Waals surface area contributed by atoms with Crippen molar-refractivity contribution in [3.63, 3.8) is 0 Å². The number of hydrogen-bond acceptors (Lipinski definition) is 3. The Bertz CT molecular complexity index is 246. The molecule has 0 radical (unpaired) electrons. The average molecular weight is 133 g/mol. The van der Waals surface area contributed by atoms with Gasteiger partial charge < -0.3 is 5.43 Å². The average Bonchev–Trinajstić information content (AvgIpc) is 2.44. The summed E-state index contributed by atoms with van der Waals surface area (Å²) in [6.07, 6.45) is 5.98. The van der Waals surface area contributed by atoms with E-state index in [9.17, 15) is 0 Å². The lowest BCUT2D eigenvalue weighted by molar-refractivity contribution is 0.615. The van der Waals surface area contributed by atoms with E-state index < -0.39 is 0 Å². The van der Waals surface area contributed by atoms with Gasteiger partial charge in [0.15, 0.2) is 0 Å². The zero-order chi connectivity index (χ0) is 6.97. The summed E-state index contributed by atoms with van der Waals surface area (Å²) in [5.74, 6) is 0.255. The van der Waals surface area contributed by atoms with Gasteiger partial charge in [-0.05, 0) is 6.08 Å². The summed E-state index contributed by atoms with van der Waals surface area (Å²) >= 11 is 0. The third-order valence-electron chi connectivity index (χ3n) is 1.82. The van der Waals surface area contributed by atoms with Crippen molar-refractivity contribution in [2.24, 2.45) is 5.92 Å². The predicted molar refractivity (Wildman–Crippen MR) is 36.4 cm³/mol. The van der Waals surface area contributed by atoms with Crippen molar-refractivity contribution in [2.75, 3.05) is 0 Å². The number of nitriles is 1. The second-order valence-electron chi connectivity index (χ2n) is 2.41. The first kappa shape index (κ1) is 5.51. The molecular weight excluding hydrogens is 126 g/mol. The highest BCUT2D eigenvalue weighted by molar-refractivity contribution is 5.32. The van der Waals surface area contributed by atoms with E-state index in [1.807, 2.05) is 18.2 Å². The van der Waals surface area contributed by atoms with Crippen LogP contribution in [0.15, 0.2) is 23.9 Å². The Morgan fingerprint density at radius 1 is 1.60 bits per heavy atom. The zero-order valence-electron chi connectivity index (χ0n) is 5.33. The maximum atomic E-state index is 8.60. The van der Waals surface area contributed by atoms with E-state index in [0.717, 1.165) is 5.70 Å². The van der Waals surface area contributed by atoms with Crippen LogP contribution in [-0.2, 0) is 0 Å². The molecule has 0 spiro atoms. The first-order valence-electron chi connectivity index (χ1n) is 3.21. The van der Waals surface area contributed by atoms with Crippen molar-refractivity contribution in [1.29, 1.82) is 5.26 Å². The second-order valence-corrected chi connectivity index (χ2v) is 2.41. The molecule has 0 aromatic heterocycles. The molecule has 2 N–H and O–H groups in total. The van der Waals surface area contributed by atoms with Gasteiger partial charge in [0.2, 0.25) is 0 Å². The van der Waals surface area contributed by atoms with Gasteiger partial charge >= 0.3 is 0 Å². The molecule has 1 aliphatic carbocycles. The fraction of sp³-hybridized carbons (Fsp3) is 0.286. The Morgan fingerprint density at radius 3 is 3.30 bits per heavy atom. The number of hydrazine groups is 1. The first-order valence-corrected chi connectivity index (χ1v) is 3.21. The van der Waals surface area contributed by atoms with Crippen LogP contribution in [-0.4, -0.2) is 6.04 Å².